The number of carbonyl (C=O) groups excluding carboxylic acids is 2. The predicted molar refractivity (Wildman–Crippen MR) is 85.7 cm³/mol. The highest BCUT2D eigenvalue weighted by molar-refractivity contribution is 6.20. The Balaban J connectivity index is 1.85. The van der Waals surface area contributed by atoms with Gasteiger partial charge in [-0.05, 0) is 51.1 Å². The number of fused-ring (bicyclic) bond motifs is 1. The molecule has 2 aliphatic rings. The van der Waals surface area contributed by atoms with E-state index in [1.807, 2.05) is 44.2 Å². The molecule has 1 heterocycles. The largest absolute Gasteiger partial charge is 0.483 e. The monoisotopic (exact) mass is 295 g/mol. The Bertz CT molecular complexity index is 767. The van der Waals surface area contributed by atoms with Crippen molar-refractivity contribution in [1.29, 1.82) is 0 Å². The fraction of sp³-hybridized carbons (Fsp3) is 0.222. The molecule has 0 bridgehead atoms. The summed E-state index contributed by atoms with van der Waals surface area (Å²) in [4.78, 5) is 23.6. The molecule has 0 spiro atoms. The van der Waals surface area contributed by atoms with E-state index in [1.54, 1.807) is 6.92 Å². The van der Waals surface area contributed by atoms with Gasteiger partial charge >= 0.3 is 0 Å². The quantitative estimate of drug-likeness (QED) is 0.851. The second kappa shape index (κ2) is 4.98. The molecule has 0 unspecified atom stereocenters. The van der Waals surface area contributed by atoms with Crippen LogP contribution in [-0.4, -0.2) is 17.2 Å². The molecule has 1 N–H and O–H groups in total. The maximum absolute atomic E-state index is 11.9. The van der Waals surface area contributed by atoms with Gasteiger partial charge in [-0.25, -0.2) is 0 Å². The van der Waals surface area contributed by atoms with E-state index in [0.29, 0.717) is 5.57 Å². The van der Waals surface area contributed by atoms with Crippen LogP contribution in [0, 0.1) is 0 Å². The average Bonchev–Trinajstić information content (AvgIpc) is 2.44. The van der Waals surface area contributed by atoms with Crippen molar-refractivity contribution >= 4 is 23.3 Å². The maximum atomic E-state index is 11.9. The highest BCUT2D eigenvalue weighted by Crippen LogP contribution is 2.33. The molecule has 112 valence electrons. The number of nitrogens with one attached hydrogen (secondary N) is 1. The molecular weight excluding hydrogens is 278 g/mol. The highest BCUT2D eigenvalue weighted by Gasteiger charge is 2.22. The third-order valence-electron chi connectivity index (χ3n) is 3.60. The van der Waals surface area contributed by atoms with Crippen LogP contribution in [0.2, 0.25) is 0 Å². The van der Waals surface area contributed by atoms with E-state index in [0.717, 1.165) is 17.0 Å². The smallest absolute Gasteiger partial charge is 0.202 e. The van der Waals surface area contributed by atoms with Crippen molar-refractivity contribution in [2.75, 3.05) is 5.32 Å². The van der Waals surface area contributed by atoms with Gasteiger partial charge in [0.05, 0.1) is 5.70 Å². The number of allylic oxidation sites excluding steroid dienone is 3. The fourth-order valence-electron chi connectivity index (χ4n) is 2.37. The molecule has 1 aliphatic heterocycles. The number of hydrogen-bond donors (Lipinski definition) is 1. The molecule has 0 saturated heterocycles. The third kappa shape index (κ3) is 2.72. The molecule has 4 heteroatoms. The van der Waals surface area contributed by atoms with Gasteiger partial charge in [0, 0.05) is 22.9 Å². The van der Waals surface area contributed by atoms with Gasteiger partial charge in [-0.1, -0.05) is 6.08 Å². The molecule has 1 aromatic carbocycles. The van der Waals surface area contributed by atoms with Gasteiger partial charge in [0.2, 0.25) is 5.78 Å². The van der Waals surface area contributed by atoms with E-state index in [-0.39, 0.29) is 22.9 Å². The predicted octanol–water partition coefficient (Wildman–Crippen LogP) is 3.26. The van der Waals surface area contributed by atoms with Crippen LogP contribution in [0.4, 0.5) is 5.69 Å². The topological polar surface area (TPSA) is 55.4 Å². The molecule has 3 rings (SSSR count). The first-order chi connectivity index (χ1) is 10.3. The van der Waals surface area contributed by atoms with E-state index >= 15 is 0 Å². The van der Waals surface area contributed by atoms with Gasteiger partial charge < -0.3 is 10.1 Å². The Morgan fingerprint density at radius 2 is 1.86 bits per heavy atom. The lowest BCUT2D eigenvalue weighted by Crippen LogP contribution is -2.27. The van der Waals surface area contributed by atoms with E-state index in [4.69, 9.17) is 4.74 Å². The second-order valence-electron chi connectivity index (χ2n) is 6.03. The zero-order valence-electron chi connectivity index (χ0n) is 12.8. The summed E-state index contributed by atoms with van der Waals surface area (Å²) in [5.74, 6) is 0.460. The van der Waals surface area contributed by atoms with Crippen LogP contribution >= 0.6 is 0 Å². The Kier molecular flexibility index (Phi) is 3.24. The van der Waals surface area contributed by atoms with Gasteiger partial charge in [-0.3, -0.25) is 9.59 Å². The Morgan fingerprint density at radius 1 is 1.09 bits per heavy atom. The minimum atomic E-state index is -0.321. The lowest BCUT2D eigenvalue weighted by molar-refractivity contribution is -0.115. The van der Waals surface area contributed by atoms with Crippen molar-refractivity contribution in [2.45, 2.75) is 26.4 Å². The Hall–Kier alpha value is -2.62. The van der Waals surface area contributed by atoms with Gasteiger partial charge in [-0.2, -0.15) is 0 Å². The lowest BCUT2D eigenvalue weighted by Gasteiger charge is -2.28. The number of carbonyl (C=O) groups is 2. The minimum Gasteiger partial charge on any atom is -0.483 e. The number of hydrogen-bond acceptors (Lipinski definition) is 4. The van der Waals surface area contributed by atoms with Crippen molar-refractivity contribution in [2.24, 2.45) is 0 Å². The van der Waals surface area contributed by atoms with Gasteiger partial charge in [0.1, 0.15) is 11.4 Å². The molecule has 22 heavy (non-hydrogen) atoms. The molecule has 4 nitrogen and oxygen atoms in total. The number of ketones is 2. The van der Waals surface area contributed by atoms with E-state index in [2.05, 4.69) is 5.32 Å². The van der Waals surface area contributed by atoms with Crippen molar-refractivity contribution in [1.82, 2.24) is 0 Å². The first kappa shape index (κ1) is 14.3. The lowest BCUT2D eigenvalue weighted by atomic mass is 10.0. The molecule has 1 aromatic rings. The average molecular weight is 295 g/mol. The minimum absolute atomic E-state index is 0.148. The number of benzene rings is 1. The summed E-state index contributed by atoms with van der Waals surface area (Å²) >= 11 is 0. The molecule has 0 amide bonds. The fourth-order valence-corrected chi connectivity index (χ4v) is 2.37. The van der Waals surface area contributed by atoms with E-state index < -0.39 is 0 Å². The van der Waals surface area contributed by atoms with Crippen LogP contribution in [-0.2, 0) is 9.59 Å². The molecule has 0 radical (unpaired) electrons. The number of anilines is 1. The van der Waals surface area contributed by atoms with Crippen LogP contribution in [0.3, 0.4) is 0 Å². The summed E-state index contributed by atoms with van der Waals surface area (Å²) in [5, 5.41) is 3.01. The third-order valence-corrected chi connectivity index (χ3v) is 3.60. The standard InChI is InChI=1S/C18H17NO3/c1-11-8-16(21)14(10-15(11)20)19-13-4-5-17-12(9-13)6-7-18(2,3)22-17/h4-10,19H,1-3H3. The van der Waals surface area contributed by atoms with Gasteiger partial charge in [-0.15, -0.1) is 0 Å². The van der Waals surface area contributed by atoms with Crippen molar-refractivity contribution < 1.29 is 14.3 Å². The molecule has 1 aliphatic carbocycles. The second-order valence-corrected chi connectivity index (χ2v) is 6.03. The summed E-state index contributed by atoms with van der Waals surface area (Å²) < 4.78 is 5.86. The Labute approximate surface area is 129 Å². The number of ether oxygens (including phenoxy) is 1. The molecular formula is C18H17NO3. The van der Waals surface area contributed by atoms with Crippen LogP contribution in [0.15, 0.2) is 47.7 Å². The zero-order chi connectivity index (χ0) is 15.9. The molecule has 0 atom stereocenters. The van der Waals surface area contributed by atoms with Crippen LogP contribution in [0.1, 0.15) is 26.3 Å². The van der Waals surface area contributed by atoms with Crippen LogP contribution in [0.25, 0.3) is 6.08 Å². The summed E-state index contributed by atoms with van der Waals surface area (Å²) in [6.45, 7) is 5.62. The summed E-state index contributed by atoms with van der Waals surface area (Å²) in [5.41, 5.74) is 2.10. The van der Waals surface area contributed by atoms with Gasteiger partial charge in [0.25, 0.3) is 0 Å². The molecule has 0 fully saturated rings. The summed E-state index contributed by atoms with van der Waals surface area (Å²) in [6.07, 6.45) is 6.68. The zero-order valence-corrected chi connectivity index (χ0v) is 12.8. The first-order valence-electron chi connectivity index (χ1n) is 7.12. The van der Waals surface area contributed by atoms with Gasteiger partial charge in [0.15, 0.2) is 5.78 Å². The molecule has 0 aromatic heterocycles. The van der Waals surface area contributed by atoms with E-state index in [1.165, 1.54) is 12.2 Å². The SMILES string of the molecule is CC1=CC(=O)C(Nc2ccc3c(c2)C=CC(C)(C)O3)=CC1=O. The summed E-state index contributed by atoms with van der Waals surface area (Å²) in [6, 6.07) is 5.59. The maximum Gasteiger partial charge on any atom is 0.202 e. The van der Waals surface area contributed by atoms with Crippen LogP contribution < -0.4 is 10.1 Å². The highest BCUT2D eigenvalue weighted by atomic mass is 16.5. The molecule has 0 saturated carbocycles. The van der Waals surface area contributed by atoms with Crippen molar-refractivity contribution in [3.63, 3.8) is 0 Å². The summed E-state index contributed by atoms with van der Waals surface area (Å²) in [7, 11) is 0. The van der Waals surface area contributed by atoms with Crippen molar-refractivity contribution in [3.05, 3.63) is 53.3 Å². The Morgan fingerprint density at radius 3 is 2.64 bits per heavy atom. The van der Waals surface area contributed by atoms with E-state index in [9.17, 15) is 9.59 Å². The first-order valence-corrected chi connectivity index (χ1v) is 7.12. The normalized spacial score (nSPS) is 19.0. The number of rotatable bonds is 2. The van der Waals surface area contributed by atoms with Crippen molar-refractivity contribution in [3.8, 4) is 5.75 Å². The van der Waals surface area contributed by atoms with Crippen LogP contribution in [0.5, 0.6) is 5.75 Å².